The van der Waals surface area contributed by atoms with Gasteiger partial charge in [0, 0.05) is 6.61 Å². The zero-order valence-electron chi connectivity index (χ0n) is 6.56. The third-order valence-electron chi connectivity index (χ3n) is 1.23. The van der Waals surface area contributed by atoms with Gasteiger partial charge in [-0.1, -0.05) is 0 Å². The van der Waals surface area contributed by atoms with Gasteiger partial charge in [-0.2, -0.15) is 0 Å². The van der Waals surface area contributed by atoms with Crippen molar-refractivity contribution in [3.05, 3.63) is 11.5 Å². The number of rotatable bonds is 4. The molecule has 84 valence electrons. The maximum Gasteiger partial charge on any atom is 0.0676 e. The molecule has 5 N–H and O–H groups in total. The van der Waals surface area contributed by atoms with E-state index in [1.165, 1.54) is 0 Å². The Morgan fingerprint density at radius 3 is 1.77 bits per heavy atom. The average Bonchev–Trinajstić information content (AvgIpc) is 2.15. The van der Waals surface area contributed by atoms with E-state index in [1.807, 2.05) is 0 Å². The first-order valence-corrected chi connectivity index (χ1v) is 8.82. The molecule has 0 radical (unpaired) electrons. The summed E-state index contributed by atoms with van der Waals surface area (Å²) in [5.74, 6) is 0. The van der Waals surface area contributed by atoms with Crippen molar-refractivity contribution in [2.45, 2.75) is 18.2 Å². The molecule has 8 heteroatoms. The van der Waals surface area contributed by atoms with Crippen LogP contribution in [0.25, 0.3) is 11.5 Å². The van der Waals surface area contributed by atoms with Gasteiger partial charge in [-0.05, 0) is 0 Å². The molecule has 0 aromatic rings. The summed E-state index contributed by atoms with van der Waals surface area (Å²) in [5, 5.41) is 25.4. The molecule has 0 bridgehead atoms. The molecule has 0 aromatic carbocycles. The Bertz CT molecular complexity index is 104. The first-order valence-electron chi connectivity index (χ1n) is 3.19. The minimum Gasteiger partial charge on any atom is -0.674 e. The molecule has 0 aliphatic heterocycles. The molecule has 3 atom stereocenters. The first-order chi connectivity index (χ1) is 6.04. The van der Waals surface area contributed by atoms with Gasteiger partial charge >= 0.3 is 35.3 Å². The molecular formula is C5H12Cl2N2O3Pt. The fourth-order valence-electron chi connectivity index (χ4n) is 0.495. The Hall–Kier alpha value is 1.07. The van der Waals surface area contributed by atoms with Gasteiger partial charge in [0.25, 0.3) is 0 Å². The molecular weight excluding hydrogens is 402 g/mol. The van der Waals surface area contributed by atoms with E-state index in [0.29, 0.717) is 0 Å². The summed E-state index contributed by atoms with van der Waals surface area (Å²) in [7, 11) is 9.75. The van der Waals surface area contributed by atoms with E-state index < -0.39 is 47.9 Å². The first kappa shape index (κ1) is 16.5. The van der Waals surface area contributed by atoms with Gasteiger partial charge in [0.05, 0.1) is 12.7 Å². The molecule has 0 spiro atoms. The molecule has 0 aliphatic rings. The van der Waals surface area contributed by atoms with Crippen LogP contribution in [0, 0.1) is 0 Å². The second-order valence-electron chi connectivity index (χ2n) is 2.11. The van der Waals surface area contributed by atoms with Gasteiger partial charge in [0.2, 0.25) is 0 Å². The van der Waals surface area contributed by atoms with Crippen molar-refractivity contribution in [3.63, 3.8) is 0 Å². The average molecular weight is 414 g/mol. The number of nitrogens with one attached hydrogen (secondary N) is 2. The molecule has 0 rings (SSSR count). The number of aliphatic hydroxyl groups excluding tert-OH is 3. The van der Waals surface area contributed by atoms with Crippen molar-refractivity contribution in [1.29, 1.82) is 0 Å². The molecule has 5 nitrogen and oxygen atoms in total. The molecule has 0 saturated carbocycles. The van der Waals surface area contributed by atoms with E-state index in [0.717, 1.165) is 0 Å². The number of hydrogen-bond acceptors (Lipinski definition) is 3. The summed E-state index contributed by atoms with van der Waals surface area (Å²) < 4.78 is 0. The van der Waals surface area contributed by atoms with Crippen LogP contribution in [-0.2, 0) is 16.5 Å². The third-order valence-corrected chi connectivity index (χ3v) is 1.23. The molecule has 3 unspecified atom stereocenters. The van der Waals surface area contributed by atoms with Crippen LogP contribution in [0.15, 0.2) is 0 Å². The van der Waals surface area contributed by atoms with E-state index in [1.54, 1.807) is 0 Å². The van der Waals surface area contributed by atoms with Gasteiger partial charge in [0.15, 0.2) is 0 Å². The maximum atomic E-state index is 8.76. The summed E-state index contributed by atoms with van der Waals surface area (Å²) in [6, 6.07) is -2.17. The molecule has 0 fully saturated rings. The van der Waals surface area contributed by atoms with Crippen LogP contribution in [0.2, 0.25) is 0 Å². The molecule has 0 saturated heterocycles. The molecule has 0 amide bonds. The van der Waals surface area contributed by atoms with Crippen molar-refractivity contribution in [2.75, 3.05) is 13.2 Å². The Kier molecular flexibility index (Phi) is 14.1. The minimum atomic E-state index is -1.23. The van der Waals surface area contributed by atoms with Crippen molar-refractivity contribution in [2.24, 2.45) is 0 Å². The predicted octanol–water partition coefficient (Wildman–Crippen LogP) is 0.550. The van der Waals surface area contributed by atoms with Crippen molar-refractivity contribution in [3.8, 4) is 0 Å². The zero-order valence-corrected chi connectivity index (χ0v) is 10.3. The van der Waals surface area contributed by atoms with Gasteiger partial charge in [-0.25, -0.2) is 0 Å². The monoisotopic (exact) mass is 413 g/mol. The predicted molar refractivity (Wildman–Crippen MR) is 48.1 cm³/mol. The summed E-state index contributed by atoms with van der Waals surface area (Å²) in [5.41, 5.74) is 14.0. The summed E-state index contributed by atoms with van der Waals surface area (Å²) in [6.07, 6.45) is -1.23. The Morgan fingerprint density at radius 2 is 1.54 bits per heavy atom. The largest absolute Gasteiger partial charge is 0.674 e. The van der Waals surface area contributed by atoms with E-state index in [-0.39, 0.29) is 0 Å². The topological polar surface area (TPSA) is 108 Å². The van der Waals surface area contributed by atoms with E-state index in [2.05, 4.69) is 0 Å². The fraction of sp³-hybridized carbons (Fsp3) is 1.00. The second-order valence-corrected chi connectivity index (χ2v) is 5.39. The van der Waals surface area contributed by atoms with Crippen LogP contribution >= 0.6 is 18.8 Å². The Morgan fingerprint density at radius 1 is 1.15 bits per heavy atom. The van der Waals surface area contributed by atoms with Crippen molar-refractivity contribution >= 4 is 18.8 Å². The van der Waals surface area contributed by atoms with Gasteiger partial charge in [-0.15, -0.1) is 12.1 Å². The standard InChI is InChI=1S/C5H12N2O3.2ClH.Pt/c6-3(1-8)5(7)4(10)2-9;;;/h3-10H,1-2H2;2*1H;/q-2;;;+4/p-2. The molecule has 0 heterocycles. The summed E-state index contributed by atoms with van der Waals surface area (Å²) in [4.78, 5) is 0. The quantitative estimate of drug-likeness (QED) is 0.626. The summed E-state index contributed by atoms with van der Waals surface area (Å²) >= 11 is -0.472. The molecule has 13 heavy (non-hydrogen) atoms. The van der Waals surface area contributed by atoms with Crippen LogP contribution in [0.4, 0.5) is 0 Å². The maximum absolute atomic E-state index is 8.76. The van der Waals surface area contributed by atoms with E-state index in [4.69, 9.17) is 45.6 Å². The van der Waals surface area contributed by atoms with E-state index >= 15 is 0 Å². The fourth-order valence-corrected chi connectivity index (χ4v) is 0.495. The normalized spacial score (nSPS) is 17.2. The van der Waals surface area contributed by atoms with Crippen LogP contribution < -0.4 is 0 Å². The van der Waals surface area contributed by atoms with Crippen molar-refractivity contribution in [1.82, 2.24) is 0 Å². The number of hydrogen-bond donors (Lipinski definition) is 3. The van der Waals surface area contributed by atoms with Crippen LogP contribution in [0.1, 0.15) is 0 Å². The van der Waals surface area contributed by atoms with Crippen LogP contribution in [0.5, 0.6) is 0 Å². The van der Waals surface area contributed by atoms with Gasteiger partial charge in [-0.3, -0.25) is 0 Å². The number of halogens is 2. The van der Waals surface area contributed by atoms with E-state index in [9.17, 15) is 0 Å². The van der Waals surface area contributed by atoms with Crippen molar-refractivity contribution < 1.29 is 31.8 Å². The Balaban J connectivity index is 0. The molecule has 0 aromatic heterocycles. The van der Waals surface area contributed by atoms with Gasteiger partial charge in [0.1, 0.15) is 0 Å². The molecule has 0 aliphatic carbocycles. The van der Waals surface area contributed by atoms with Gasteiger partial charge < -0.3 is 26.8 Å². The Labute approximate surface area is 93.4 Å². The minimum absolute atomic E-state index is 0.467. The number of aliphatic hydroxyl groups is 3. The van der Waals surface area contributed by atoms with Crippen LogP contribution in [-0.4, -0.2) is 46.7 Å². The zero-order chi connectivity index (χ0) is 10.9. The summed E-state index contributed by atoms with van der Waals surface area (Å²) in [6.45, 7) is -1.01. The smallest absolute Gasteiger partial charge is 0.0676 e. The van der Waals surface area contributed by atoms with Crippen LogP contribution in [0.3, 0.4) is 0 Å². The SMILES string of the molecule is [Cl][Pt+2][Cl].[NH-]C(CO)C([NH-])C(O)CO. The second kappa shape index (κ2) is 11.1. The third kappa shape index (κ3) is 9.37.